The minimum absolute atomic E-state index is 0.0422. The Hall–Kier alpha value is -4.58. The van der Waals surface area contributed by atoms with E-state index in [1.54, 1.807) is 12.4 Å². The van der Waals surface area contributed by atoms with Crippen LogP contribution in [0.25, 0.3) is 22.3 Å². The van der Waals surface area contributed by atoms with Crippen molar-refractivity contribution in [1.29, 1.82) is 0 Å². The standard InChI is InChI=1S/C32H32N2O4/c1-21-5-9-23(10-6-21)25-15-27(31(35)29(17-25)37-3)19-33-13-14-34-20-28-16-26(18-30(38-4)32(28)36)24-11-7-22(2)8-12-24/h5-12,15-20,35-36H,13-14H2,1-4H3. The average Bonchev–Trinajstić information content (AvgIpc) is 2.93. The lowest BCUT2D eigenvalue weighted by Gasteiger charge is -2.11. The Labute approximate surface area is 223 Å². The van der Waals surface area contributed by atoms with Gasteiger partial charge >= 0.3 is 0 Å². The molecule has 0 aromatic heterocycles. The molecular weight excluding hydrogens is 476 g/mol. The number of nitrogens with zero attached hydrogens (tertiary/aromatic N) is 2. The molecule has 0 amide bonds. The van der Waals surface area contributed by atoms with Crippen molar-refractivity contribution in [2.75, 3.05) is 27.3 Å². The first-order valence-corrected chi connectivity index (χ1v) is 12.4. The van der Waals surface area contributed by atoms with E-state index in [2.05, 4.69) is 9.98 Å². The van der Waals surface area contributed by atoms with Gasteiger partial charge in [-0.3, -0.25) is 9.98 Å². The molecule has 0 bridgehead atoms. The van der Waals surface area contributed by atoms with Gasteiger partial charge < -0.3 is 19.7 Å². The number of rotatable bonds is 9. The Morgan fingerprint density at radius 3 is 1.29 bits per heavy atom. The van der Waals surface area contributed by atoms with Crippen LogP contribution in [0.15, 0.2) is 82.8 Å². The smallest absolute Gasteiger partial charge is 0.166 e. The molecule has 0 aliphatic heterocycles. The lowest BCUT2D eigenvalue weighted by Crippen LogP contribution is -1.95. The Morgan fingerprint density at radius 2 is 0.947 bits per heavy atom. The molecule has 0 saturated carbocycles. The molecule has 0 atom stereocenters. The van der Waals surface area contributed by atoms with Gasteiger partial charge in [0.1, 0.15) is 0 Å². The number of aryl methyl sites for hydroxylation is 2. The number of ether oxygens (including phenoxy) is 2. The molecule has 6 heteroatoms. The molecule has 0 saturated heterocycles. The summed E-state index contributed by atoms with van der Waals surface area (Å²) < 4.78 is 10.7. The zero-order chi connectivity index (χ0) is 27.1. The van der Waals surface area contributed by atoms with Crippen LogP contribution in [-0.4, -0.2) is 50.0 Å². The van der Waals surface area contributed by atoms with E-state index in [4.69, 9.17) is 9.47 Å². The number of hydrogen-bond donors (Lipinski definition) is 2. The van der Waals surface area contributed by atoms with Crippen LogP contribution in [-0.2, 0) is 0 Å². The number of aromatic hydroxyl groups is 2. The summed E-state index contributed by atoms with van der Waals surface area (Å²) in [4.78, 5) is 8.89. The summed E-state index contributed by atoms with van der Waals surface area (Å²) in [6.45, 7) is 4.89. The van der Waals surface area contributed by atoms with Crippen LogP contribution in [0, 0.1) is 13.8 Å². The monoisotopic (exact) mass is 508 g/mol. The second-order valence-electron chi connectivity index (χ2n) is 9.04. The fourth-order valence-corrected chi connectivity index (χ4v) is 4.03. The number of phenols is 2. The van der Waals surface area contributed by atoms with Gasteiger partial charge in [0.05, 0.1) is 27.3 Å². The van der Waals surface area contributed by atoms with Crippen LogP contribution < -0.4 is 9.47 Å². The largest absolute Gasteiger partial charge is 0.504 e. The van der Waals surface area contributed by atoms with Gasteiger partial charge in [0.2, 0.25) is 0 Å². The highest BCUT2D eigenvalue weighted by Crippen LogP contribution is 2.36. The van der Waals surface area contributed by atoms with Crippen LogP contribution in [0.1, 0.15) is 22.3 Å². The van der Waals surface area contributed by atoms with E-state index in [1.165, 1.54) is 25.3 Å². The fraction of sp³-hybridized carbons (Fsp3) is 0.188. The van der Waals surface area contributed by atoms with E-state index in [9.17, 15) is 10.2 Å². The van der Waals surface area contributed by atoms with E-state index < -0.39 is 0 Å². The zero-order valence-corrected chi connectivity index (χ0v) is 22.1. The number of hydrogen-bond acceptors (Lipinski definition) is 6. The molecule has 4 rings (SSSR count). The highest BCUT2D eigenvalue weighted by Gasteiger charge is 2.12. The van der Waals surface area contributed by atoms with Crippen LogP contribution in [0.5, 0.6) is 23.0 Å². The van der Waals surface area contributed by atoms with E-state index in [0.29, 0.717) is 35.7 Å². The fourth-order valence-electron chi connectivity index (χ4n) is 4.03. The first-order valence-electron chi connectivity index (χ1n) is 12.4. The molecule has 4 aromatic carbocycles. The van der Waals surface area contributed by atoms with E-state index in [0.717, 1.165) is 22.3 Å². The minimum atomic E-state index is 0.0422. The summed E-state index contributed by atoms with van der Waals surface area (Å²) in [5.74, 6) is 0.863. The molecule has 38 heavy (non-hydrogen) atoms. The number of phenolic OH excluding ortho intramolecular Hbond substituents is 2. The van der Waals surface area contributed by atoms with Crippen LogP contribution >= 0.6 is 0 Å². The topological polar surface area (TPSA) is 83.6 Å². The number of benzene rings is 4. The van der Waals surface area contributed by atoms with E-state index in [1.807, 2.05) is 86.6 Å². The van der Waals surface area contributed by atoms with Gasteiger partial charge in [-0.15, -0.1) is 0 Å². The van der Waals surface area contributed by atoms with Gasteiger partial charge in [0.15, 0.2) is 23.0 Å². The van der Waals surface area contributed by atoms with Gasteiger partial charge in [-0.05, 0) is 60.4 Å². The highest BCUT2D eigenvalue weighted by atomic mass is 16.5. The molecule has 0 fully saturated rings. The zero-order valence-electron chi connectivity index (χ0n) is 22.1. The maximum Gasteiger partial charge on any atom is 0.166 e. The Kier molecular flexibility index (Phi) is 8.44. The van der Waals surface area contributed by atoms with Crippen molar-refractivity contribution in [1.82, 2.24) is 0 Å². The first kappa shape index (κ1) is 26.5. The van der Waals surface area contributed by atoms with Crippen molar-refractivity contribution in [3.8, 4) is 45.3 Å². The quantitative estimate of drug-likeness (QED) is 0.197. The molecule has 194 valence electrons. The molecule has 0 spiro atoms. The number of aliphatic imine (C=N–C) groups is 2. The Bertz CT molecular complexity index is 1340. The normalized spacial score (nSPS) is 11.4. The maximum atomic E-state index is 10.6. The SMILES string of the molecule is COc1cc(-c2ccc(C)cc2)cc(C=NCCN=Cc2cc(-c3ccc(C)cc3)cc(OC)c2O)c1O. The summed E-state index contributed by atoms with van der Waals surface area (Å²) >= 11 is 0. The second-order valence-corrected chi connectivity index (χ2v) is 9.04. The number of methoxy groups -OCH3 is 2. The maximum absolute atomic E-state index is 10.6. The third-order valence-electron chi connectivity index (χ3n) is 6.24. The van der Waals surface area contributed by atoms with Gasteiger partial charge in [-0.2, -0.15) is 0 Å². The molecule has 0 aliphatic rings. The summed E-state index contributed by atoms with van der Waals surface area (Å²) in [5.41, 5.74) is 7.39. The van der Waals surface area contributed by atoms with Gasteiger partial charge in [-0.1, -0.05) is 59.7 Å². The highest BCUT2D eigenvalue weighted by molar-refractivity contribution is 5.89. The van der Waals surface area contributed by atoms with Gasteiger partial charge in [0.25, 0.3) is 0 Å². The third-order valence-corrected chi connectivity index (χ3v) is 6.24. The molecular formula is C32H32N2O4. The first-order chi connectivity index (χ1) is 18.4. The minimum Gasteiger partial charge on any atom is -0.504 e. The van der Waals surface area contributed by atoms with Crippen molar-refractivity contribution >= 4 is 12.4 Å². The van der Waals surface area contributed by atoms with Crippen LogP contribution in [0.2, 0.25) is 0 Å². The Morgan fingerprint density at radius 1 is 0.579 bits per heavy atom. The average molecular weight is 509 g/mol. The predicted molar refractivity (Wildman–Crippen MR) is 155 cm³/mol. The molecule has 0 heterocycles. The van der Waals surface area contributed by atoms with E-state index >= 15 is 0 Å². The van der Waals surface area contributed by atoms with Gasteiger partial charge in [-0.25, -0.2) is 0 Å². The molecule has 6 nitrogen and oxygen atoms in total. The van der Waals surface area contributed by atoms with Crippen molar-refractivity contribution in [3.63, 3.8) is 0 Å². The van der Waals surface area contributed by atoms with E-state index in [-0.39, 0.29) is 11.5 Å². The van der Waals surface area contributed by atoms with Crippen molar-refractivity contribution in [3.05, 3.63) is 95.1 Å². The molecule has 0 aliphatic carbocycles. The molecule has 0 radical (unpaired) electrons. The van der Waals surface area contributed by atoms with Crippen molar-refractivity contribution in [2.24, 2.45) is 9.98 Å². The van der Waals surface area contributed by atoms with Gasteiger partial charge in [0, 0.05) is 23.6 Å². The lowest BCUT2D eigenvalue weighted by atomic mass is 10.0. The summed E-state index contributed by atoms with van der Waals surface area (Å²) in [6, 6.07) is 23.7. The second kappa shape index (κ2) is 12.1. The predicted octanol–water partition coefficient (Wildman–Crippen LogP) is 6.60. The summed E-state index contributed by atoms with van der Waals surface area (Å²) in [5, 5.41) is 21.2. The Balaban J connectivity index is 1.48. The third kappa shape index (κ3) is 6.21. The lowest BCUT2D eigenvalue weighted by molar-refractivity contribution is 0.373. The summed E-state index contributed by atoms with van der Waals surface area (Å²) in [7, 11) is 3.06. The molecule has 4 aromatic rings. The molecule has 0 unspecified atom stereocenters. The summed E-state index contributed by atoms with van der Waals surface area (Å²) in [6.07, 6.45) is 3.26. The van der Waals surface area contributed by atoms with Crippen LogP contribution in [0.3, 0.4) is 0 Å². The van der Waals surface area contributed by atoms with Crippen molar-refractivity contribution in [2.45, 2.75) is 13.8 Å². The molecule has 2 N–H and O–H groups in total. The van der Waals surface area contributed by atoms with Crippen LogP contribution in [0.4, 0.5) is 0 Å². The van der Waals surface area contributed by atoms with Crippen molar-refractivity contribution < 1.29 is 19.7 Å².